The first-order chi connectivity index (χ1) is 12.1. The fourth-order valence-electron chi connectivity index (χ4n) is 2.73. The van der Waals surface area contributed by atoms with E-state index >= 15 is 0 Å². The van der Waals surface area contributed by atoms with Crippen LogP contribution in [0.15, 0.2) is 46.8 Å². The fraction of sp³-hybridized carbons (Fsp3) is 0.368. The molecule has 0 saturated heterocycles. The molecule has 1 aliphatic rings. The third-order valence-electron chi connectivity index (χ3n) is 4.24. The molecule has 1 aromatic carbocycles. The molecule has 0 saturated carbocycles. The number of benzene rings is 1. The van der Waals surface area contributed by atoms with E-state index in [1.54, 1.807) is 10.9 Å². The van der Waals surface area contributed by atoms with Crippen molar-refractivity contribution in [2.24, 2.45) is 10.2 Å². The summed E-state index contributed by atoms with van der Waals surface area (Å²) < 4.78 is 1.79. The molecule has 1 amide bonds. The van der Waals surface area contributed by atoms with E-state index in [1.807, 2.05) is 37.3 Å². The fourth-order valence-corrected chi connectivity index (χ4v) is 2.73. The molecule has 1 aliphatic heterocycles. The molecule has 0 atom stereocenters. The number of aromatic nitrogens is 2. The Balaban J connectivity index is 1.53. The van der Waals surface area contributed by atoms with Crippen LogP contribution in [-0.2, 0) is 6.54 Å². The highest BCUT2D eigenvalue weighted by atomic mass is 16.1. The van der Waals surface area contributed by atoms with Crippen LogP contribution in [0.2, 0.25) is 0 Å². The number of aryl methyl sites for hydroxylation is 1. The number of nitrogens with zero attached hydrogens (tertiary/aromatic N) is 4. The molecule has 0 fully saturated rings. The van der Waals surface area contributed by atoms with Gasteiger partial charge in [0.25, 0.3) is 5.91 Å². The zero-order chi connectivity index (χ0) is 17.7. The maximum atomic E-state index is 12.4. The summed E-state index contributed by atoms with van der Waals surface area (Å²) in [6.45, 7) is 3.00. The molecule has 128 valence electrons. The number of carbonyl (C=O) groups excluding carboxylic acids is 1. The summed E-state index contributed by atoms with van der Waals surface area (Å²) in [7, 11) is 0. The Kier molecular flexibility index (Phi) is 4.94. The largest absolute Gasteiger partial charge is 0.352 e. The van der Waals surface area contributed by atoms with Crippen LogP contribution in [0.5, 0.6) is 0 Å². The van der Waals surface area contributed by atoms with Crippen molar-refractivity contribution in [1.29, 1.82) is 0 Å². The van der Waals surface area contributed by atoms with Gasteiger partial charge in [0, 0.05) is 32.0 Å². The molecule has 0 aliphatic carbocycles. The predicted octanol–water partition coefficient (Wildman–Crippen LogP) is 2.94. The minimum absolute atomic E-state index is 0.121. The highest BCUT2D eigenvalue weighted by molar-refractivity contribution is 5.94. The minimum Gasteiger partial charge on any atom is -0.352 e. The lowest BCUT2D eigenvalue weighted by Gasteiger charge is -2.09. The molecule has 0 radical (unpaired) electrons. The zero-order valence-corrected chi connectivity index (χ0v) is 14.3. The topological polar surface area (TPSA) is 71.6 Å². The standard InChI is InChI=1S/C19H21N5O/c1-3-4-10-19(22-23-19)11-12-20-18(25)17-14-24(21-15(17)2)13-16-8-6-5-7-9-16/h1,5-9,14H,4,10-13H2,2H3,(H,20,25). The van der Waals surface area contributed by atoms with Crippen molar-refractivity contribution in [3.63, 3.8) is 0 Å². The van der Waals surface area contributed by atoms with Crippen LogP contribution in [0.25, 0.3) is 0 Å². The van der Waals surface area contributed by atoms with Crippen molar-refractivity contribution in [3.8, 4) is 12.3 Å². The van der Waals surface area contributed by atoms with Crippen molar-refractivity contribution in [2.75, 3.05) is 6.54 Å². The Morgan fingerprint density at radius 2 is 2.04 bits per heavy atom. The van der Waals surface area contributed by atoms with Crippen molar-refractivity contribution in [1.82, 2.24) is 15.1 Å². The summed E-state index contributed by atoms with van der Waals surface area (Å²) in [4.78, 5) is 12.4. The van der Waals surface area contributed by atoms with Gasteiger partial charge in [-0.1, -0.05) is 30.3 Å². The monoisotopic (exact) mass is 335 g/mol. The zero-order valence-electron chi connectivity index (χ0n) is 14.3. The third kappa shape index (κ3) is 4.32. The first kappa shape index (κ1) is 16.9. The minimum atomic E-state index is -0.369. The quantitative estimate of drug-likeness (QED) is 0.753. The van der Waals surface area contributed by atoms with Gasteiger partial charge in [-0.05, 0) is 12.5 Å². The number of hydrogen-bond donors (Lipinski definition) is 1. The molecule has 2 aromatic rings. The molecule has 6 heteroatoms. The van der Waals surface area contributed by atoms with Crippen molar-refractivity contribution in [2.45, 2.75) is 38.4 Å². The SMILES string of the molecule is C#CCCC1(CCNC(=O)c2cn(Cc3ccccc3)nc2C)N=N1. The van der Waals surface area contributed by atoms with Crippen LogP contribution in [0, 0.1) is 19.3 Å². The van der Waals surface area contributed by atoms with E-state index in [4.69, 9.17) is 6.42 Å². The van der Waals surface area contributed by atoms with E-state index in [9.17, 15) is 4.79 Å². The lowest BCUT2D eigenvalue weighted by Crippen LogP contribution is -2.28. The summed E-state index contributed by atoms with van der Waals surface area (Å²) in [6.07, 6.45) is 9.13. The van der Waals surface area contributed by atoms with Crippen LogP contribution >= 0.6 is 0 Å². The second-order valence-corrected chi connectivity index (χ2v) is 6.20. The Labute approximate surface area is 147 Å². The van der Waals surface area contributed by atoms with E-state index in [0.29, 0.717) is 31.5 Å². The third-order valence-corrected chi connectivity index (χ3v) is 4.24. The Morgan fingerprint density at radius 3 is 2.72 bits per heavy atom. The number of hydrogen-bond acceptors (Lipinski definition) is 4. The first-order valence-electron chi connectivity index (χ1n) is 8.36. The van der Waals surface area contributed by atoms with Gasteiger partial charge >= 0.3 is 0 Å². The lowest BCUT2D eigenvalue weighted by atomic mass is 10.0. The van der Waals surface area contributed by atoms with E-state index in [2.05, 4.69) is 26.6 Å². The van der Waals surface area contributed by atoms with Gasteiger partial charge < -0.3 is 5.32 Å². The predicted molar refractivity (Wildman–Crippen MR) is 95.1 cm³/mol. The summed E-state index contributed by atoms with van der Waals surface area (Å²) in [6, 6.07) is 10.0. The van der Waals surface area contributed by atoms with Gasteiger partial charge in [0.15, 0.2) is 5.66 Å². The maximum absolute atomic E-state index is 12.4. The highest BCUT2D eigenvalue weighted by Crippen LogP contribution is 2.36. The molecule has 0 bridgehead atoms. The van der Waals surface area contributed by atoms with E-state index in [1.165, 1.54) is 0 Å². The summed E-state index contributed by atoms with van der Waals surface area (Å²) >= 11 is 0. The van der Waals surface area contributed by atoms with Gasteiger partial charge in [-0.2, -0.15) is 15.3 Å². The number of rotatable bonds is 8. The molecule has 1 aromatic heterocycles. The molecule has 0 spiro atoms. The van der Waals surface area contributed by atoms with Crippen LogP contribution in [0.1, 0.15) is 40.9 Å². The average molecular weight is 335 g/mol. The molecule has 2 heterocycles. The van der Waals surface area contributed by atoms with Crippen molar-refractivity contribution < 1.29 is 4.79 Å². The van der Waals surface area contributed by atoms with Gasteiger partial charge in [0.05, 0.1) is 17.8 Å². The van der Waals surface area contributed by atoms with E-state index in [0.717, 1.165) is 17.7 Å². The molecule has 25 heavy (non-hydrogen) atoms. The van der Waals surface area contributed by atoms with Crippen LogP contribution in [0.4, 0.5) is 0 Å². The number of amides is 1. The summed E-state index contributed by atoms with van der Waals surface area (Å²) in [5, 5.41) is 15.5. The summed E-state index contributed by atoms with van der Waals surface area (Å²) in [5.74, 6) is 2.48. The van der Waals surface area contributed by atoms with Crippen LogP contribution in [0.3, 0.4) is 0 Å². The van der Waals surface area contributed by atoms with Crippen molar-refractivity contribution in [3.05, 3.63) is 53.3 Å². The second-order valence-electron chi connectivity index (χ2n) is 6.20. The molecule has 3 rings (SSSR count). The molecule has 6 nitrogen and oxygen atoms in total. The highest BCUT2D eigenvalue weighted by Gasteiger charge is 2.38. The van der Waals surface area contributed by atoms with Crippen molar-refractivity contribution >= 4 is 5.91 Å². The van der Waals surface area contributed by atoms with Gasteiger partial charge in [0.2, 0.25) is 0 Å². The average Bonchev–Trinajstić information content (AvgIpc) is 3.29. The second kappa shape index (κ2) is 7.31. The Bertz CT molecular complexity index is 810. The van der Waals surface area contributed by atoms with E-state index < -0.39 is 0 Å². The normalized spacial score (nSPS) is 14.1. The number of carbonyl (C=O) groups is 1. The van der Waals surface area contributed by atoms with Gasteiger partial charge in [-0.25, -0.2) is 0 Å². The van der Waals surface area contributed by atoms with Gasteiger partial charge in [-0.15, -0.1) is 12.3 Å². The molecule has 0 unspecified atom stereocenters. The van der Waals surface area contributed by atoms with Crippen LogP contribution < -0.4 is 5.32 Å². The van der Waals surface area contributed by atoms with Crippen LogP contribution in [-0.4, -0.2) is 27.9 Å². The van der Waals surface area contributed by atoms with Gasteiger partial charge in [0.1, 0.15) is 0 Å². The Hall–Kier alpha value is -2.94. The smallest absolute Gasteiger partial charge is 0.254 e. The maximum Gasteiger partial charge on any atom is 0.254 e. The van der Waals surface area contributed by atoms with Gasteiger partial charge in [-0.3, -0.25) is 9.48 Å². The molecular weight excluding hydrogens is 314 g/mol. The Morgan fingerprint density at radius 1 is 1.28 bits per heavy atom. The summed E-state index contributed by atoms with van der Waals surface area (Å²) in [5.41, 5.74) is 2.09. The first-order valence-corrected chi connectivity index (χ1v) is 8.36. The number of terminal acetylenes is 1. The molecule has 1 N–H and O–H groups in total. The lowest BCUT2D eigenvalue weighted by molar-refractivity contribution is 0.0951. The molecular formula is C19H21N5O. The van der Waals surface area contributed by atoms with E-state index in [-0.39, 0.29) is 11.6 Å². The number of nitrogens with one attached hydrogen (secondary N) is 1.